The first kappa shape index (κ1) is 16.0. The predicted octanol–water partition coefficient (Wildman–Crippen LogP) is -0.167. The molecule has 0 aliphatic carbocycles. The first-order valence-electron chi connectivity index (χ1n) is 6.85. The Morgan fingerprint density at radius 2 is 2.05 bits per heavy atom. The van der Waals surface area contributed by atoms with E-state index >= 15 is 0 Å². The molecule has 0 fully saturated rings. The molecule has 0 saturated carbocycles. The normalized spacial score (nSPS) is 13.8. The van der Waals surface area contributed by atoms with E-state index in [1.165, 1.54) is 23.6 Å². The molecular weight excluding hydrogens is 286 g/mol. The van der Waals surface area contributed by atoms with Gasteiger partial charge in [0.05, 0.1) is 24.4 Å². The lowest BCUT2D eigenvalue weighted by Gasteiger charge is -2.18. The van der Waals surface area contributed by atoms with E-state index in [4.69, 9.17) is 5.73 Å². The number of nitrogens with two attached hydrogens (primary N) is 1. The van der Waals surface area contributed by atoms with Crippen LogP contribution in [0.15, 0.2) is 24.3 Å². The minimum Gasteiger partial charge on any atom is -0.859 e. The summed E-state index contributed by atoms with van der Waals surface area (Å²) in [6.07, 6.45) is -0.0513. The number of aromatic nitrogens is 2. The lowest BCUT2D eigenvalue weighted by molar-refractivity contribution is -0.280. The molecule has 0 aliphatic rings. The van der Waals surface area contributed by atoms with E-state index < -0.39 is 18.0 Å². The third-order valence-electron chi connectivity index (χ3n) is 3.40. The third kappa shape index (κ3) is 3.26. The van der Waals surface area contributed by atoms with Gasteiger partial charge in [0.1, 0.15) is 17.9 Å². The summed E-state index contributed by atoms with van der Waals surface area (Å²) in [4.78, 5) is 15.0. The molecule has 0 aliphatic heterocycles. The van der Waals surface area contributed by atoms with Crippen LogP contribution in [0.5, 0.6) is 11.6 Å². The van der Waals surface area contributed by atoms with Crippen molar-refractivity contribution in [1.82, 2.24) is 9.55 Å². The van der Waals surface area contributed by atoms with Crippen molar-refractivity contribution in [2.45, 2.75) is 32.0 Å². The Labute approximate surface area is 127 Å². The topological polar surface area (TPSA) is 124 Å². The van der Waals surface area contributed by atoms with Crippen molar-refractivity contribution < 1.29 is 20.1 Å². The molecular formula is C15H18N3O4-. The van der Waals surface area contributed by atoms with Crippen LogP contribution in [0.4, 0.5) is 0 Å². The maximum atomic E-state index is 12.3. The molecule has 1 heterocycles. The molecule has 1 aromatic carbocycles. The zero-order chi connectivity index (χ0) is 16.3. The molecule has 0 amide bonds. The van der Waals surface area contributed by atoms with Crippen LogP contribution in [-0.4, -0.2) is 32.2 Å². The van der Waals surface area contributed by atoms with E-state index in [2.05, 4.69) is 4.98 Å². The number of aromatic hydroxyl groups is 1. The molecule has 22 heavy (non-hydrogen) atoms. The number of aldehydes is 1. The second-order valence-electron chi connectivity index (χ2n) is 5.11. The van der Waals surface area contributed by atoms with Gasteiger partial charge in [-0.1, -0.05) is 12.1 Å². The average molecular weight is 304 g/mol. The Bertz CT molecular complexity index is 650. The van der Waals surface area contributed by atoms with Crippen LogP contribution >= 0.6 is 0 Å². The summed E-state index contributed by atoms with van der Waals surface area (Å²) in [5, 5.41) is 31.2. The van der Waals surface area contributed by atoms with E-state index in [9.17, 15) is 20.1 Å². The van der Waals surface area contributed by atoms with Gasteiger partial charge in [-0.15, -0.1) is 0 Å². The van der Waals surface area contributed by atoms with Gasteiger partial charge in [0.15, 0.2) is 0 Å². The first-order chi connectivity index (χ1) is 10.4. The summed E-state index contributed by atoms with van der Waals surface area (Å²) in [6, 6.07) is 5.56. The molecule has 7 nitrogen and oxygen atoms in total. The highest BCUT2D eigenvalue weighted by Crippen LogP contribution is 2.24. The number of rotatable bonds is 6. The first-order valence-corrected chi connectivity index (χ1v) is 6.85. The smallest absolute Gasteiger partial charge is 0.139 e. The van der Waals surface area contributed by atoms with E-state index in [0.717, 1.165) is 5.56 Å². The molecule has 4 N–H and O–H groups in total. The quantitative estimate of drug-likeness (QED) is 0.637. The average Bonchev–Trinajstić information content (AvgIpc) is 2.78. The van der Waals surface area contributed by atoms with Crippen LogP contribution in [0.25, 0.3) is 0 Å². The van der Waals surface area contributed by atoms with E-state index in [-0.39, 0.29) is 30.2 Å². The molecule has 0 bridgehead atoms. The molecule has 7 heteroatoms. The minimum absolute atomic E-state index is 0.134. The molecule has 0 saturated heterocycles. The summed E-state index contributed by atoms with van der Waals surface area (Å²) in [7, 11) is 0. The molecule has 0 spiro atoms. The van der Waals surface area contributed by atoms with E-state index in [1.54, 1.807) is 12.1 Å². The number of imidazole rings is 1. The SMILES string of the molecule is C[C@@H](O)[C@H](N)c1nc(Cc2ccc(O)cc2)c([O-])n1CC=O. The molecule has 2 atom stereocenters. The number of phenolic OH excluding ortho intramolecular Hbond substituents is 1. The van der Waals surface area contributed by atoms with Crippen molar-refractivity contribution in [1.29, 1.82) is 0 Å². The van der Waals surface area contributed by atoms with Gasteiger partial charge in [-0.3, -0.25) is 0 Å². The fourth-order valence-electron chi connectivity index (χ4n) is 2.15. The molecule has 1 aromatic heterocycles. The fraction of sp³-hybridized carbons (Fsp3) is 0.333. The van der Waals surface area contributed by atoms with Gasteiger partial charge in [-0.25, -0.2) is 4.98 Å². The summed E-state index contributed by atoms with van der Waals surface area (Å²) in [6.45, 7) is 1.34. The Hall–Kier alpha value is -2.38. The Morgan fingerprint density at radius 1 is 1.41 bits per heavy atom. The highest BCUT2D eigenvalue weighted by Gasteiger charge is 2.20. The molecule has 2 rings (SSSR count). The van der Waals surface area contributed by atoms with Crippen LogP contribution in [0.3, 0.4) is 0 Å². The fourth-order valence-corrected chi connectivity index (χ4v) is 2.15. The lowest BCUT2D eigenvalue weighted by atomic mass is 10.1. The van der Waals surface area contributed by atoms with Gasteiger partial charge in [-0.05, 0) is 30.5 Å². The number of benzene rings is 1. The number of aliphatic hydroxyl groups is 1. The number of nitrogens with zero attached hydrogens (tertiary/aromatic N) is 2. The number of carbonyl (C=O) groups is 1. The Kier molecular flexibility index (Phi) is 4.79. The van der Waals surface area contributed by atoms with Crippen LogP contribution < -0.4 is 10.8 Å². The second-order valence-corrected chi connectivity index (χ2v) is 5.11. The Balaban J connectivity index is 2.37. The van der Waals surface area contributed by atoms with Crippen LogP contribution in [0.1, 0.15) is 30.0 Å². The second kappa shape index (κ2) is 6.59. The van der Waals surface area contributed by atoms with Gasteiger partial charge in [-0.2, -0.15) is 0 Å². The van der Waals surface area contributed by atoms with E-state index in [1.807, 2.05) is 0 Å². The highest BCUT2D eigenvalue weighted by atomic mass is 16.3. The van der Waals surface area contributed by atoms with Crippen molar-refractivity contribution in [2.75, 3.05) is 0 Å². The zero-order valence-corrected chi connectivity index (χ0v) is 12.1. The summed E-state index contributed by atoms with van der Waals surface area (Å²) >= 11 is 0. The predicted molar refractivity (Wildman–Crippen MR) is 77.3 cm³/mol. The molecule has 2 aromatic rings. The zero-order valence-electron chi connectivity index (χ0n) is 12.1. The number of aliphatic hydroxyl groups excluding tert-OH is 1. The third-order valence-corrected chi connectivity index (χ3v) is 3.40. The van der Waals surface area contributed by atoms with Gasteiger partial charge < -0.3 is 30.4 Å². The minimum atomic E-state index is -0.895. The summed E-state index contributed by atoms with van der Waals surface area (Å²) < 4.78 is 1.18. The van der Waals surface area contributed by atoms with Crippen molar-refractivity contribution >= 4 is 6.29 Å². The number of carbonyl (C=O) groups excluding carboxylic acids is 1. The van der Waals surface area contributed by atoms with Crippen molar-refractivity contribution in [3.63, 3.8) is 0 Å². The Morgan fingerprint density at radius 3 is 2.59 bits per heavy atom. The maximum absolute atomic E-state index is 12.3. The summed E-state index contributed by atoms with van der Waals surface area (Å²) in [5.74, 6) is -0.0680. The van der Waals surface area contributed by atoms with E-state index in [0.29, 0.717) is 6.29 Å². The molecule has 0 radical (unpaired) electrons. The molecule has 118 valence electrons. The van der Waals surface area contributed by atoms with Crippen LogP contribution in [0, 0.1) is 0 Å². The van der Waals surface area contributed by atoms with Crippen molar-refractivity contribution in [3.05, 3.63) is 41.3 Å². The van der Waals surface area contributed by atoms with Crippen LogP contribution in [0.2, 0.25) is 0 Å². The van der Waals surface area contributed by atoms with Gasteiger partial charge in [0.2, 0.25) is 0 Å². The number of hydrogen-bond acceptors (Lipinski definition) is 6. The lowest BCUT2D eigenvalue weighted by Crippen LogP contribution is -2.27. The van der Waals surface area contributed by atoms with Crippen molar-refractivity contribution in [3.8, 4) is 11.6 Å². The highest BCUT2D eigenvalue weighted by molar-refractivity contribution is 5.50. The van der Waals surface area contributed by atoms with Gasteiger partial charge in [0.25, 0.3) is 0 Å². The van der Waals surface area contributed by atoms with Crippen molar-refractivity contribution in [2.24, 2.45) is 5.73 Å². The molecule has 0 unspecified atom stereocenters. The standard InChI is InChI=1S/C15H19N3O4/c1-9(20)13(16)14-17-12(15(22)18(14)6-7-19)8-10-2-4-11(21)5-3-10/h2-5,7,9,13,20-22H,6,8,16H2,1H3/p-1/t9-,13+/m1/s1. The van der Waals surface area contributed by atoms with Crippen LogP contribution in [-0.2, 0) is 17.8 Å². The van der Waals surface area contributed by atoms with Gasteiger partial charge in [0, 0.05) is 6.42 Å². The monoisotopic (exact) mass is 304 g/mol. The maximum Gasteiger partial charge on any atom is 0.139 e. The largest absolute Gasteiger partial charge is 0.859 e. The number of hydrogen-bond donors (Lipinski definition) is 3. The van der Waals surface area contributed by atoms with Gasteiger partial charge >= 0.3 is 0 Å². The summed E-state index contributed by atoms with van der Waals surface area (Å²) in [5.41, 5.74) is 6.89. The number of phenols is 1.